The van der Waals surface area contributed by atoms with Gasteiger partial charge >= 0.3 is 5.97 Å². The first-order valence-electron chi connectivity index (χ1n) is 7.56. The number of thioether (sulfide) groups is 1. The van der Waals surface area contributed by atoms with Crippen molar-refractivity contribution >= 4 is 51.9 Å². The molecular weight excluding hydrogens is 392 g/mol. The number of benzene rings is 1. The van der Waals surface area contributed by atoms with Gasteiger partial charge in [-0.1, -0.05) is 36.1 Å². The lowest BCUT2D eigenvalue weighted by molar-refractivity contribution is -0.384. The number of methoxy groups -OCH3 is 1. The van der Waals surface area contributed by atoms with Crippen molar-refractivity contribution in [1.29, 1.82) is 0 Å². The van der Waals surface area contributed by atoms with Crippen LogP contribution in [0.4, 0.5) is 5.69 Å². The molecular formula is C17H12N2O6S2. The smallest absolute Gasteiger partial charge is 0.325 e. The molecule has 1 aromatic heterocycles. The van der Waals surface area contributed by atoms with Crippen LogP contribution in [0.1, 0.15) is 5.76 Å². The van der Waals surface area contributed by atoms with Gasteiger partial charge in [-0.2, -0.15) is 0 Å². The Morgan fingerprint density at radius 1 is 1.37 bits per heavy atom. The monoisotopic (exact) mass is 404 g/mol. The molecule has 1 fully saturated rings. The summed E-state index contributed by atoms with van der Waals surface area (Å²) < 4.78 is 10.4. The van der Waals surface area contributed by atoms with E-state index >= 15 is 0 Å². The third-order valence-electron chi connectivity index (χ3n) is 3.65. The van der Waals surface area contributed by atoms with Crippen LogP contribution in [0.2, 0.25) is 0 Å². The van der Waals surface area contributed by atoms with Crippen LogP contribution in [-0.2, 0) is 14.3 Å². The predicted octanol–water partition coefficient (Wildman–Crippen LogP) is 3.23. The maximum absolute atomic E-state index is 12.4. The number of nitrogens with zero attached hydrogens (tertiary/aromatic N) is 2. The van der Waals surface area contributed by atoms with Crippen molar-refractivity contribution in [2.75, 3.05) is 13.7 Å². The molecule has 1 aliphatic rings. The normalized spacial score (nSPS) is 15.4. The summed E-state index contributed by atoms with van der Waals surface area (Å²) in [5.74, 6) is -0.372. The van der Waals surface area contributed by atoms with E-state index < -0.39 is 16.8 Å². The zero-order valence-corrected chi connectivity index (χ0v) is 15.5. The molecule has 0 aliphatic carbocycles. The number of thiocarbonyl (C=S) groups is 1. The van der Waals surface area contributed by atoms with Crippen LogP contribution in [0.25, 0.3) is 17.4 Å². The van der Waals surface area contributed by atoms with Gasteiger partial charge in [0, 0.05) is 12.1 Å². The number of ether oxygens (including phenoxy) is 1. The lowest BCUT2D eigenvalue weighted by Gasteiger charge is -2.11. The van der Waals surface area contributed by atoms with Crippen molar-refractivity contribution in [3.8, 4) is 11.3 Å². The minimum Gasteiger partial charge on any atom is -0.468 e. The minimum atomic E-state index is -0.579. The van der Waals surface area contributed by atoms with Crippen LogP contribution in [0.5, 0.6) is 0 Å². The summed E-state index contributed by atoms with van der Waals surface area (Å²) in [4.78, 5) is 35.9. The van der Waals surface area contributed by atoms with Crippen molar-refractivity contribution < 1.29 is 23.7 Å². The molecule has 1 aliphatic heterocycles. The highest BCUT2D eigenvalue weighted by molar-refractivity contribution is 8.26. The average Bonchev–Trinajstić information content (AvgIpc) is 3.22. The van der Waals surface area contributed by atoms with Crippen LogP contribution in [-0.4, -0.2) is 39.7 Å². The maximum Gasteiger partial charge on any atom is 0.325 e. The Morgan fingerprint density at radius 2 is 2.11 bits per heavy atom. The second kappa shape index (κ2) is 7.72. The number of para-hydroxylation sites is 1. The summed E-state index contributed by atoms with van der Waals surface area (Å²) in [7, 11) is 1.23. The predicted molar refractivity (Wildman–Crippen MR) is 103 cm³/mol. The first-order chi connectivity index (χ1) is 12.9. The fourth-order valence-electron chi connectivity index (χ4n) is 2.38. The van der Waals surface area contributed by atoms with Crippen LogP contribution in [0, 0.1) is 10.1 Å². The highest BCUT2D eigenvalue weighted by Crippen LogP contribution is 2.35. The van der Waals surface area contributed by atoms with Crippen LogP contribution in [0.15, 0.2) is 45.7 Å². The molecule has 1 aromatic carbocycles. The van der Waals surface area contributed by atoms with E-state index in [1.54, 1.807) is 30.3 Å². The van der Waals surface area contributed by atoms with Gasteiger partial charge in [0.25, 0.3) is 11.6 Å². The summed E-state index contributed by atoms with van der Waals surface area (Å²) in [6.45, 7) is -0.266. The van der Waals surface area contributed by atoms with Crippen molar-refractivity contribution in [2.24, 2.45) is 0 Å². The summed E-state index contributed by atoms with van der Waals surface area (Å²) in [6.07, 6.45) is 1.48. The van der Waals surface area contributed by atoms with E-state index in [2.05, 4.69) is 4.74 Å². The average molecular weight is 404 g/mol. The molecule has 0 unspecified atom stereocenters. The largest absolute Gasteiger partial charge is 0.468 e. The number of hydrogen-bond donors (Lipinski definition) is 0. The van der Waals surface area contributed by atoms with Gasteiger partial charge in [0.2, 0.25) is 0 Å². The van der Waals surface area contributed by atoms with E-state index in [1.165, 1.54) is 19.3 Å². The van der Waals surface area contributed by atoms with Gasteiger partial charge in [0.05, 0.1) is 22.5 Å². The Balaban J connectivity index is 1.86. The third-order valence-corrected chi connectivity index (χ3v) is 5.03. The number of esters is 1. The second-order valence-electron chi connectivity index (χ2n) is 5.32. The number of nitro benzene ring substituents is 1. The highest BCUT2D eigenvalue weighted by Gasteiger charge is 2.34. The van der Waals surface area contributed by atoms with Crippen molar-refractivity contribution in [3.05, 3.63) is 57.2 Å². The number of rotatable bonds is 5. The minimum absolute atomic E-state index is 0.0807. The first kappa shape index (κ1) is 18.8. The Bertz CT molecular complexity index is 981. The van der Waals surface area contributed by atoms with Crippen LogP contribution >= 0.6 is 24.0 Å². The van der Waals surface area contributed by atoms with Gasteiger partial charge in [-0.05, 0) is 18.2 Å². The fraction of sp³-hybridized carbons (Fsp3) is 0.118. The van der Waals surface area contributed by atoms with Crippen LogP contribution in [0.3, 0.4) is 0 Å². The summed E-state index contributed by atoms with van der Waals surface area (Å²) in [5, 5.41) is 11.2. The van der Waals surface area contributed by atoms with Crippen molar-refractivity contribution in [2.45, 2.75) is 0 Å². The Hall–Kier alpha value is -2.98. The lowest BCUT2D eigenvalue weighted by Crippen LogP contribution is -2.33. The highest BCUT2D eigenvalue weighted by atomic mass is 32.2. The molecule has 0 radical (unpaired) electrons. The van der Waals surface area contributed by atoms with Gasteiger partial charge in [0.15, 0.2) is 0 Å². The lowest BCUT2D eigenvalue weighted by atomic mass is 10.1. The van der Waals surface area contributed by atoms with Gasteiger partial charge in [-0.3, -0.25) is 24.6 Å². The van der Waals surface area contributed by atoms with Gasteiger partial charge in [0.1, 0.15) is 22.4 Å². The Labute approximate surface area is 162 Å². The SMILES string of the molecule is COC(=O)CN1C(=O)/C(=C/c2ccc(-c3ccccc3[N+](=O)[O-])o2)SC1=S. The van der Waals surface area contributed by atoms with Gasteiger partial charge in [-0.25, -0.2) is 0 Å². The summed E-state index contributed by atoms with van der Waals surface area (Å²) in [5.41, 5.74) is 0.253. The molecule has 2 heterocycles. The number of hydrogen-bond acceptors (Lipinski definition) is 8. The molecule has 8 nitrogen and oxygen atoms in total. The molecule has 3 rings (SSSR count). The molecule has 0 saturated carbocycles. The Kier molecular flexibility index (Phi) is 5.38. The molecule has 138 valence electrons. The quantitative estimate of drug-likeness (QED) is 0.246. The standard InChI is InChI=1S/C17H12N2O6S2/c1-24-15(20)9-18-16(21)14(27-17(18)26)8-10-6-7-13(25-10)11-4-2-3-5-12(11)19(22)23/h2-8H,9H2,1H3/b14-8-. The number of carbonyl (C=O) groups is 2. The van der Waals surface area contributed by atoms with Crippen molar-refractivity contribution in [1.82, 2.24) is 4.90 Å². The molecule has 0 N–H and O–H groups in total. The van der Waals surface area contributed by atoms with Gasteiger partial charge in [-0.15, -0.1) is 0 Å². The Morgan fingerprint density at radius 3 is 2.81 bits per heavy atom. The summed E-state index contributed by atoms with van der Waals surface area (Å²) in [6, 6.07) is 9.38. The maximum atomic E-state index is 12.4. The zero-order chi connectivity index (χ0) is 19.6. The molecule has 27 heavy (non-hydrogen) atoms. The second-order valence-corrected chi connectivity index (χ2v) is 7.00. The molecule has 10 heteroatoms. The topological polar surface area (TPSA) is 103 Å². The number of carbonyl (C=O) groups excluding carboxylic acids is 2. The van der Waals surface area contributed by atoms with E-state index in [4.69, 9.17) is 16.6 Å². The third kappa shape index (κ3) is 3.91. The number of furan rings is 1. The molecule has 1 saturated heterocycles. The molecule has 0 atom stereocenters. The molecule has 0 bridgehead atoms. The summed E-state index contributed by atoms with van der Waals surface area (Å²) >= 11 is 6.15. The van der Waals surface area contributed by atoms with E-state index in [-0.39, 0.29) is 21.5 Å². The molecule has 0 spiro atoms. The molecule has 1 amide bonds. The van der Waals surface area contributed by atoms with Crippen LogP contribution < -0.4 is 0 Å². The fourth-order valence-corrected chi connectivity index (χ4v) is 3.61. The first-order valence-corrected chi connectivity index (χ1v) is 8.79. The number of amides is 1. The molecule has 2 aromatic rings. The van der Waals surface area contributed by atoms with E-state index in [0.29, 0.717) is 17.1 Å². The van der Waals surface area contributed by atoms with E-state index in [1.807, 2.05) is 0 Å². The van der Waals surface area contributed by atoms with E-state index in [9.17, 15) is 19.7 Å². The number of nitro groups is 1. The van der Waals surface area contributed by atoms with Gasteiger partial charge < -0.3 is 9.15 Å². The van der Waals surface area contributed by atoms with Crippen molar-refractivity contribution in [3.63, 3.8) is 0 Å². The zero-order valence-electron chi connectivity index (χ0n) is 13.9. The van der Waals surface area contributed by atoms with E-state index in [0.717, 1.165) is 16.7 Å².